The SMILES string of the molecule is C/C=C(\N=C/CC#N)N1CCN2C(C#Cc3cccc(Cl)c3)CCC2C1. The summed E-state index contributed by atoms with van der Waals surface area (Å²) in [4.78, 5) is 9.30. The zero-order chi connectivity index (χ0) is 18.4. The Hall–Kier alpha value is -2.27. The van der Waals surface area contributed by atoms with Gasteiger partial charge in [0.1, 0.15) is 5.82 Å². The first-order valence-electron chi connectivity index (χ1n) is 9.05. The molecule has 134 valence electrons. The third kappa shape index (κ3) is 4.47. The van der Waals surface area contributed by atoms with E-state index >= 15 is 0 Å². The summed E-state index contributed by atoms with van der Waals surface area (Å²) in [5.74, 6) is 7.69. The highest BCUT2D eigenvalue weighted by Crippen LogP contribution is 2.28. The lowest BCUT2D eigenvalue weighted by atomic mass is 10.1. The number of halogens is 1. The summed E-state index contributed by atoms with van der Waals surface area (Å²) < 4.78 is 0. The molecular weight excluding hydrogens is 344 g/mol. The van der Waals surface area contributed by atoms with Crippen LogP contribution >= 0.6 is 11.6 Å². The molecule has 0 amide bonds. The number of piperazine rings is 1. The van der Waals surface area contributed by atoms with Gasteiger partial charge in [-0.1, -0.05) is 29.5 Å². The molecule has 2 fully saturated rings. The molecule has 2 aliphatic heterocycles. The van der Waals surface area contributed by atoms with Crippen LogP contribution in [0.25, 0.3) is 0 Å². The van der Waals surface area contributed by atoms with Gasteiger partial charge in [-0.05, 0) is 44.0 Å². The van der Waals surface area contributed by atoms with Gasteiger partial charge < -0.3 is 4.90 Å². The first-order valence-corrected chi connectivity index (χ1v) is 9.42. The van der Waals surface area contributed by atoms with Gasteiger partial charge in [0, 0.05) is 42.5 Å². The van der Waals surface area contributed by atoms with E-state index in [1.807, 2.05) is 37.3 Å². The van der Waals surface area contributed by atoms with Crippen molar-refractivity contribution in [2.24, 2.45) is 4.99 Å². The molecule has 4 nitrogen and oxygen atoms in total. The van der Waals surface area contributed by atoms with E-state index < -0.39 is 0 Å². The summed E-state index contributed by atoms with van der Waals surface area (Å²) in [5.41, 5.74) is 0.975. The molecule has 2 aliphatic rings. The minimum Gasteiger partial charge on any atom is -0.354 e. The van der Waals surface area contributed by atoms with Crippen LogP contribution in [0.1, 0.15) is 31.7 Å². The third-order valence-corrected chi connectivity index (χ3v) is 5.13. The van der Waals surface area contributed by atoms with Gasteiger partial charge in [-0.3, -0.25) is 4.90 Å². The Labute approximate surface area is 160 Å². The molecule has 1 aromatic carbocycles. The quantitative estimate of drug-likeness (QED) is 0.605. The minimum absolute atomic E-state index is 0.317. The molecule has 5 heteroatoms. The number of allylic oxidation sites excluding steroid dienone is 1. The summed E-state index contributed by atoms with van der Waals surface area (Å²) in [5, 5.41) is 9.39. The van der Waals surface area contributed by atoms with Crippen LogP contribution in [0.5, 0.6) is 0 Å². The molecule has 2 atom stereocenters. The first-order chi connectivity index (χ1) is 12.7. The van der Waals surface area contributed by atoms with Gasteiger partial charge in [0.15, 0.2) is 0 Å². The van der Waals surface area contributed by atoms with Crippen LogP contribution in [0.2, 0.25) is 5.02 Å². The number of hydrogen-bond acceptors (Lipinski definition) is 4. The number of fused-ring (bicyclic) bond motifs is 1. The lowest BCUT2D eigenvalue weighted by Gasteiger charge is -2.40. The van der Waals surface area contributed by atoms with Crippen LogP contribution in [0.3, 0.4) is 0 Å². The Kier molecular flexibility index (Phi) is 6.34. The summed E-state index contributed by atoms with van der Waals surface area (Å²) >= 11 is 6.04. The molecular formula is C21H23ClN4. The van der Waals surface area contributed by atoms with Crippen molar-refractivity contribution in [3.8, 4) is 17.9 Å². The van der Waals surface area contributed by atoms with Gasteiger partial charge in [0.2, 0.25) is 0 Å². The lowest BCUT2D eigenvalue weighted by molar-refractivity contribution is 0.113. The summed E-state index contributed by atoms with van der Waals surface area (Å²) in [6.45, 7) is 4.90. The fourth-order valence-corrected chi connectivity index (χ4v) is 3.86. The predicted molar refractivity (Wildman–Crippen MR) is 106 cm³/mol. The molecule has 0 radical (unpaired) electrons. The fraction of sp³-hybridized carbons (Fsp3) is 0.429. The van der Waals surface area contributed by atoms with Crippen molar-refractivity contribution in [3.05, 3.63) is 46.7 Å². The highest BCUT2D eigenvalue weighted by atomic mass is 35.5. The smallest absolute Gasteiger partial charge is 0.123 e. The van der Waals surface area contributed by atoms with Crippen molar-refractivity contribution in [1.82, 2.24) is 9.80 Å². The molecule has 26 heavy (non-hydrogen) atoms. The van der Waals surface area contributed by atoms with Crippen molar-refractivity contribution in [3.63, 3.8) is 0 Å². The van der Waals surface area contributed by atoms with Gasteiger partial charge in [-0.15, -0.1) is 0 Å². The highest BCUT2D eigenvalue weighted by Gasteiger charge is 2.36. The van der Waals surface area contributed by atoms with Crippen molar-refractivity contribution in [2.45, 2.75) is 38.3 Å². The van der Waals surface area contributed by atoms with Crippen LogP contribution in [0.4, 0.5) is 0 Å². The van der Waals surface area contributed by atoms with Gasteiger partial charge in [0.25, 0.3) is 0 Å². The molecule has 0 aliphatic carbocycles. The number of aliphatic imine (C=N–C) groups is 1. The molecule has 2 saturated heterocycles. The molecule has 0 saturated carbocycles. The van der Waals surface area contributed by atoms with Gasteiger partial charge in [-0.25, -0.2) is 4.99 Å². The highest BCUT2D eigenvalue weighted by molar-refractivity contribution is 6.30. The second kappa shape index (κ2) is 8.90. The summed E-state index contributed by atoms with van der Waals surface area (Å²) in [7, 11) is 0. The van der Waals surface area contributed by atoms with Crippen molar-refractivity contribution >= 4 is 17.8 Å². The Morgan fingerprint density at radius 1 is 1.38 bits per heavy atom. The Bertz CT molecular complexity index is 796. The maximum Gasteiger partial charge on any atom is 0.123 e. The second-order valence-corrected chi connectivity index (χ2v) is 6.97. The number of nitriles is 1. The first kappa shape index (κ1) is 18.5. The molecule has 2 unspecified atom stereocenters. The van der Waals surface area contributed by atoms with E-state index in [9.17, 15) is 0 Å². The van der Waals surface area contributed by atoms with E-state index in [4.69, 9.17) is 16.9 Å². The number of hydrogen-bond donors (Lipinski definition) is 0. The van der Waals surface area contributed by atoms with Crippen molar-refractivity contribution in [2.75, 3.05) is 19.6 Å². The monoisotopic (exact) mass is 366 g/mol. The lowest BCUT2D eigenvalue weighted by Crippen LogP contribution is -2.51. The largest absolute Gasteiger partial charge is 0.354 e. The average Bonchev–Trinajstić information content (AvgIpc) is 3.06. The van der Waals surface area contributed by atoms with Crippen LogP contribution in [0, 0.1) is 23.2 Å². The zero-order valence-electron chi connectivity index (χ0n) is 15.0. The standard InChI is InChI=1S/C21H23ClN4/c1-2-21(24-12-4-11-23)25-13-14-26-19(9-10-20(26)16-25)8-7-17-5-3-6-18(22)15-17/h2-3,5-6,12,15,19-20H,4,9-10,13-14,16H2,1H3/b21-2+,24-12-. The molecule has 2 heterocycles. The maximum absolute atomic E-state index is 8.66. The molecule has 0 aromatic heterocycles. The molecule has 0 N–H and O–H groups in total. The molecule has 3 rings (SSSR count). The normalized spacial score (nSPS) is 23.4. The Balaban J connectivity index is 1.63. The average molecular weight is 367 g/mol. The molecule has 0 spiro atoms. The van der Waals surface area contributed by atoms with E-state index in [-0.39, 0.29) is 0 Å². The number of nitrogens with zero attached hydrogens (tertiary/aromatic N) is 4. The van der Waals surface area contributed by atoms with E-state index in [0.29, 0.717) is 18.5 Å². The minimum atomic E-state index is 0.317. The van der Waals surface area contributed by atoms with Crippen LogP contribution in [0.15, 0.2) is 41.2 Å². The van der Waals surface area contributed by atoms with E-state index in [1.165, 1.54) is 0 Å². The molecule has 0 bridgehead atoms. The van der Waals surface area contributed by atoms with Gasteiger partial charge >= 0.3 is 0 Å². The summed E-state index contributed by atoms with van der Waals surface area (Å²) in [6.07, 6.45) is 6.33. The maximum atomic E-state index is 8.66. The second-order valence-electron chi connectivity index (χ2n) is 6.53. The van der Waals surface area contributed by atoms with E-state index in [1.54, 1.807) is 6.21 Å². The van der Waals surface area contributed by atoms with E-state index in [2.05, 4.69) is 32.7 Å². The number of rotatable bonds is 3. The van der Waals surface area contributed by atoms with Crippen LogP contribution < -0.4 is 0 Å². The van der Waals surface area contributed by atoms with Gasteiger partial charge in [-0.2, -0.15) is 5.26 Å². The van der Waals surface area contributed by atoms with Crippen LogP contribution in [-0.4, -0.2) is 47.7 Å². The fourth-order valence-electron chi connectivity index (χ4n) is 3.67. The predicted octanol–water partition coefficient (Wildman–Crippen LogP) is 3.69. The van der Waals surface area contributed by atoms with Crippen molar-refractivity contribution < 1.29 is 0 Å². The van der Waals surface area contributed by atoms with Crippen molar-refractivity contribution in [1.29, 1.82) is 5.26 Å². The van der Waals surface area contributed by atoms with E-state index in [0.717, 1.165) is 48.9 Å². The number of benzene rings is 1. The summed E-state index contributed by atoms with van der Waals surface area (Å²) in [6, 6.07) is 10.7. The van der Waals surface area contributed by atoms with Gasteiger partial charge in [0.05, 0.1) is 18.5 Å². The topological polar surface area (TPSA) is 42.6 Å². The van der Waals surface area contributed by atoms with Crippen LogP contribution in [-0.2, 0) is 0 Å². The molecule has 1 aromatic rings. The zero-order valence-corrected chi connectivity index (χ0v) is 15.8. The Morgan fingerprint density at radius 2 is 2.27 bits per heavy atom. The third-order valence-electron chi connectivity index (χ3n) is 4.90. The Morgan fingerprint density at radius 3 is 3.04 bits per heavy atom.